The Kier molecular flexibility index (Phi) is 7.36. The number of aromatic nitrogens is 3. The monoisotopic (exact) mass is 525 g/mol. The third-order valence-electron chi connectivity index (χ3n) is 5.44. The van der Waals surface area contributed by atoms with Gasteiger partial charge in [-0.1, -0.05) is 29.8 Å². The smallest absolute Gasteiger partial charge is 0.387 e. The molecular formula is C21H21ClN3O9P. The molecule has 1 aliphatic rings. The summed E-state index contributed by atoms with van der Waals surface area (Å²) in [5.74, 6) is 0. The number of benzene rings is 1. The molecule has 1 saturated heterocycles. The number of phosphoric ester groups is 1. The summed E-state index contributed by atoms with van der Waals surface area (Å²) in [5, 5.41) is 21.1. The van der Waals surface area contributed by atoms with Gasteiger partial charge in [-0.2, -0.15) is 0 Å². The fourth-order valence-electron chi connectivity index (χ4n) is 3.73. The molecule has 3 heterocycles. The Balaban J connectivity index is 1.62. The second-order valence-corrected chi connectivity index (χ2v) is 9.42. The molecule has 0 amide bonds. The maximum atomic E-state index is 13.1. The van der Waals surface area contributed by atoms with Crippen LogP contribution in [0.4, 0.5) is 0 Å². The molecule has 1 aromatic carbocycles. The number of pyridine rings is 1. The van der Waals surface area contributed by atoms with Crippen LogP contribution in [-0.4, -0.2) is 59.0 Å². The maximum absolute atomic E-state index is 13.1. The molecule has 4 atom stereocenters. The molecule has 14 heteroatoms. The number of rotatable bonds is 7. The minimum Gasteiger partial charge on any atom is -0.387 e. The summed E-state index contributed by atoms with van der Waals surface area (Å²) in [5.41, 5.74) is 0.382. The zero-order chi connectivity index (χ0) is 25.3. The quantitative estimate of drug-likeness (QED) is 0.318. The van der Waals surface area contributed by atoms with Crippen molar-refractivity contribution < 1.29 is 33.8 Å². The molecule has 2 unspecified atom stereocenters. The zero-order valence-electron chi connectivity index (χ0n) is 17.9. The highest BCUT2D eigenvalue weighted by atomic mass is 35.5. The standard InChI is InChI=1S/C21H21ClN3O9P/c22-15-4-2-1-3-14(15)12-5-7-23-13(9-12)10-25-17(26)6-8-24(21(25)29)20-19(28)18(27)16(34-20)11-33-35(30,31)32/h1-9,16,18-20,27-28H,10-11H2,(H2,30,31,32)/t16-,18?,19?,20-/m1/s1. The summed E-state index contributed by atoms with van der Waals surface area (Å²) >= 11 is 6.26. The third-order valence-corrected chi connectivity index (χ3v) is 6.25. The van der Waals surface area contributed by atoms with Gasteiger partial charge in [0.1, 0.15) is 18.3 Å². The summed E-state index contributed by atoms with van der Waals surface area (Å²) in [6.07, 6.45) is -3.38. The number of hydrogen-bond acceptors (Lipinski definition) is 8. The van der Waals surface area contributed by atoms with Crippen molar-refractivity contribution in [3.63, 3.8) is 0 Å². The van der Waals surface area contributed by atoms with E-state index in [1.54, 1.807) is 24.3 Å². The van der Waals surface area contributed by atoms with Crippen LogP contribution in [0.3, 0.4) is 0 Å². The van der Waals surface area contributed by atoms with Gasteiger partial charge in [-0.05, 0) is 23.8 Å². The first-order chi connectivity index (χ1) is 16.5. The van der Waals surface area contributed by atoms with E-state index in [1.165, 1.54) is 6.20 Å². The van der Waals surface area contributed by atoms with Crippen LogP contribution in [0.2, 0.25) is 5.02 Å². The van der Waals surface area contributed by atoms with E-state index in [0.29, 0.717) is 10.7 Å². The SMILES string of the molecule is O=c1ccn([C@@H]2O[C@H](COP(=O)(O)O)C(O)C2O)c(=O)n1Cc1cc(-c2ccccc2Cl)ccn1. The average Bonchev–Trinajstić information content (AvgIpc) is 3.09. The molecule has 0 aliphatic carbocycles. The number of phosphoric acid groups is 1. The molecule has 1 fully saturated rings. The van der Waals surface area contributed by atoms with Crippen LogP contribution in [-0.2, 0) is 20.4 Å². The second-order valence-electron chi connectivity index (χ2n) is 7.78. The Morgan fingerprint density at radius 1 is 1.11 bits per heavy atom. The Morgan fingerprint density at radius 3 is 2.57 bits per heavy atom. The molecule has 186 valence electrons. The highest BCUT2D eigenvalue weighted by molar-refractivity contribution is 7.46. The summed E-state index contributed by atoms with van der Waals surface area (Å²) in [7, 11) is -4.85. The first-order valence-electron chi connectivity index (χ1n) is 10.3. The molecular weight excluding hydrogens is 505 g/mol. The molecule has 0 bridgehead atoms. The van der Waals surface area contributed by atoms with E-state index >= 15 is 0 Å². The molecule has 0 radical (unpaired) electrons. The Morgan fingerprint density at radius 2 is 1.86 bits per heavy atom. The lowest BCUT2D eigenvalue weighted by atomic mass is 10.1. The van der Waals surface area contributed by atoms with Crippen LogP contribution >= 0.6 is 19.4 Å². The highest BCUT2D eigenvalue weighted by Crippen LogP contribution is 2.38. The van der Waals surface area contributed by atoms with Gasteiger partial charge in [-0.25, -0.2) is 9.36 Å². The van der Waals surface area contributed by atoms with E-state index in [4.69, 9.17) is 26.1 Å². The summed E-state index contributed by atoms with van der Waals surface area (Å²) in [4.78, 5) is 47.5. The molecule has 4 rings (SSSR count). The zero-order valence-corrected chi connectivity index (χ0v) is 19.6. The number of aliphatic hydroxyl groups is 2. The minimum atomic E-state index is -4.85. The Hall–Kier alpha value is -2.67. The summed E-state index contributed by atoms with van der Waals surface area (Å²) in [6, 6.07) is 11.7. The van der Waals surface area contributed by atoms with Crippen LogP contribution in [0.15, 0.2) is 64.4 Å². The van der Waals surface area contributed by atoms with Gasteiger partial charge in [0.15, 0.2) is 6.23 Å². The molecule has 4 N–H and O–H groups in total. The van der Waals surface area contributed by atoms with Crippen molar-refractivity contribution in [1.82, 2.24) is 14.1 Å². The molecule has 0 saturated carbocycles. The van der Waals surface area contributed by atoms with Crippen molar-refractivity contribution in [2.24, 2.45) is 0 Å². The molecule has 3 aromatic rings. The van der Waals surface area contributed by atoms with Gasteiger partial charge in [-0.3, -0.25) is 23.4 Å². The summed E-state index contributed by atoms with van der Waals surface area (Å²) in [6.45, 7) is -0.931. The molecule has 35 heavy (non-hydrogen) atoms. The third kappa shape index (κ3) is 5.61. The predicted molar refractivity (Wildman–Crippen MR) is 123 cm³/mol. The van der Waals surface area contributed by atoms with Crippen molar-refractivity contribution in [2.45, 2.75) is 31.1 Å². The van der Waals surface area contributed by atoms with Gasteiger partial charge in [0.05, 0.1) is 18.8 Å². The van der Waals surface area contributed by atoms with Crippen LogP contribution < -0.4 is 11.2 Å². The molecule has 0 spiro atoms. The summed E-state index contributed by atoms with van der Waals surface area (Å²) < 4.78 is 22.5. The molecule has 2 aromatic heterocycles. The lowest BCUT2D eigenvalue weighted by Gasteiger charge is -2.18. The van der Waals surface area contributed by atoms with Crippen molar-refractivity contribution in [3.05, 3.63) is 86.4 Å². The van der Waals surface area contributed by atoms with E-state index in [9.17, 15) is 24.4 Å². The van der Waals surface area contributed by atoms with Crippen LogP contribution in [0.1, 0.15) is 11.9 Å². The Bertz CT molecular complexity index is 1390. The fourth-order valence-corrected chi connectivity index (χ4v) is 4.31. The van der Waals surface area contributed by atoms with Crippen LogP contribution in [0.5, 0.6) is 0 Å². The largest absolute Gasteiger partial charge is 0.469 e. The number of hydrogen-bond donors (Lipinski definition) is 4. The molecule has 1 aliphatic heterocycles. The van der Waals surface area contributed by atoms with E-state index in [-0.39, 0.29) is 6.54 Å². The predicted octanol–water partition coefficient (Wildman–Crippen LogP) is 0.502. The lowest BCUT2D eigenvalue weighted by Crippen LogP contribution is -2.43. The number of nitrogens with zero attached hydrogens (tertiary/aromatic N) is 3. The van der Waals surface area contributed by atoms with Gasteiger partial charge in [0.25, 0.3) is 5.56 Å². The first-order valence-corrected chi connectivity index (χ1v) is 12.2. The average molecular weight is 526 g/mol. The Labute approximate surface area is 202 Å². The van der Waals surface area contributed by atoms with Crippen molar-refractivity contribution in [2.75, 3.05) is 6.61 Å². The van der Waals surface area contributed by atoms with E-state index in [0.717, 1.165) is 32.5 Å². The van der Waals surface area contributed by atoms with Gasteiger partial charge < -0.3 is 24.7 Å². The van der Waals surface area contributed by atoms with Crippen LogP contribution in [0.25, 0.3) is 11.1 Å². The van der Waals surface area contributed by atoms with Crippen molar-refractivity contribution in [1.29, 1.82) is 0 Å². The minimum absolute atomic E-state index is 0.201. The molecule has 12 nitrogen and oxygen atoms in total. The topological polar surface area (TPSA) is 173 Å². The van der Waals surface area contributed by atoms with E-state index in [1.807, 2.05) is 12.1 Å². The number of ether oxygens (including phenoxy) is 1. The van der Waals surface area contributed by atoms with Crippen molar-refractivity contribution in [3.8, 4) is 11.1 Å². The van der Waals surface area contributed by atoms with E-state index in [2.05, 4.69) is 9.51 Å². The maximum Gasteiger partial charge on any atom is 0.469 e. The van der Waals surface area contributed by atoms with Crippen molar-refractivity contribution >= 4 is 19.4 Å². The lowest BCUT2D eigenvalue weighted by molar-refractivity contribution is -0.0548. The van der Waals surface area contributed by atoms with Gasteiger partial charge >= 0.3 is 13.5 Å². The van der Waals surface area contributed by atoms with E-state index < -0.39 is 50.2 Å². The van der Waals surface area contributed by atoms with Crippen LogP contribution in [0, 0.1) is 0 Å². The van der Waals surface area contributed by atoms with Gasteiger partial charge in [-0.15, -0.1) is 0 Å². The second kappa shape index (κ2) is 10.1. The first kappa shape index (κ1) is 25.4. The van der Waals surface area contributed by atoms with Gasteiger partial charge in [0, 0.05) is 29.0 Å². The number of halogens is 1. The van der Waals surface area contributed by atoms with Gasteiger partial charge in [0.2, 0.25) is 0 Å². The normalized spacial score (nSPS) is 22.4. The number of aliphatic hydroxyl groups excluding tert-OH is 2. The highest BCUT2D eigenvalue weighted by Gasteiger charge is 2.45. The fraction of sp³-hybridized carbons (Fsp3) is 0.286.